The first-order chi connectivity index (χ1) is 14.9. The molecule has 0 bridgehead atoms. The van der Waals surface area contributed by atoms with Gasteiger partial charge in [0.15, 0.2) is 12.4 Å². The minimum Gasteiger partial charge on any atom is -0.454 e. The van der Waals surface area contributed by atoms with Crippen LogP contribution in [-0.2, 0) is 4.74 Å². The summed E-state index contributed by atoms with van der Waals surface area (Å²) in [6.07, 6.45) is 0. The fourth-order valence-corrected chi connectivity index (χ4v) is 3.57. The number of aromatic nitrogens is 1. The molecule has 4 nitrogen and oxygen atoms in total. The molecule has 0 atom stereocenters. The van der Waals surface area contributed by atoms with Gasteiger partial charge in [0.25, 0.3) is 0 Å². The topological polar surface area (TPSA) is 56.3 Å². The van der Waals surface area contributed by atoms with E-state index >= 15 is 0 Å². The van der Waals surface area contributed by atoms with Crippen LogP contribution in [0.2, 0.25) is 0 Å². The molecule has 31 heavy (non-hydrogen) atoms. The average Bonchev–Trinajstić information content (AvgIpc) is 2.77. The van der Waals surface area contributed by atoms with Crippen molar-refractivity contribution >= 4 is 38.6 Å². The summed E-state index contributed by atoms with van der Waals surface area (Å²) in [5.41, 5.74) is 5.23. The van der Waals surface area contributed by atoms with Crippen LogP contribution in [0.15, 0.2) is 77.3 Å². The normalized spacial score (nSPS) is 10.8. The number of rotatable bonds is 5. The smallest absolute Gasteiger partial charge is 0.339 e. The van der Waals surface area contributed by atoms with E-state index in [1.54, 1.807) is 18.2 Å². The summed E-state index contributed by atoms with van der Waals surface area (Å²) in [6, 6.07) is 22.4. The third-order valence-electron chi connectivity index (χ3n) is 5.03. The molecule has 3 aromatic carbocycles. The zero-order valence-electron chi connectivity index (χ0n) is 17.2. The fourth-order valence-electron chi connectivity index (χ4n) is 3.31. The third-order valence-corrected chi connectivity index (χ3v) is 5.56. The van der Waals surface area contributed by atoms with Crippen LogP contribution in [0.5, 0.6) is 0 Å². The van der Waals surface area contributed by atoms with Crippen LogP contribution in [-0.4, -0.2) is 23.3 Å². The van der Waals surface area contributed by atoms with E-state index in [2.05, 4.69) is 15.9 Å². The zero-order chi connectivity index (χ0) is 22.0. The van der Waals surface area contributed by atoms with Gasteiger partial charge in [0.2, 0.25) is 0 Å². The van der Waals surface area contributed by atoms with Gasteiger partial charge in [0, 0.05) is 21.0 Å². The Morgan fingerprint density at radius 3 is 2.26 bits per heavy atom. The Bertz CT molecular complexity index is 1280. The lowest BCUT2D eigenvalue weighted by Crippen LogP contribution is -2.15. The lowest BCUT2D eigenvalue weighted by Gasteiger charge is -2.11. The van der Waals surface area contributed by atoms with E-state index < -0.39 is 5.97 Å². The number of halogens is 1. The molecule has 0 saturated carbocycles. The highest BCUT2D eigenvalue weighted by atomic mass is 79.9. The summed E-state index contributed by atoms with van der Waals surface area (Å²) in [5.74, 6) is -0.784. The molecule has 0 aliphatic heterocycles. The van der Waals surface area contributed by atoms with Crippen molar-refractivity contribution in [3.05, 3.63) is 99.5 Å². The molecule has 0 aliphatic rings. The van der Waals surface area contributed by atoms with Crippen LogP contribution in [0, 0.1) is 13.8 Å². The largest absolute Gasteiger partial charge is 0.454 e. The van der Waals surface area contributed by atoms with Crippen molar-refractivity contribution in [2.24, 2.45) is 0 Å². The van der Waals surface area contributed by atoms with E-state index in [1.165, 1.54) is 0 Å². The first kappa shape index (κ1) is 20.9. The summed E-state index contributed by atoms with van der Waals surface area (Å²) in [7, 11) is 0. The predicted molar refractivity (Wildman–Crippen MR) is 125 cm³/mol. The number of pyridine rings is 1. The van der Waals surface area contributed by atoms with Crippen LogP contribution < -0.4 is 0 Å². The molecule has 0 fully saturated rings. The third kappa shape index (κ3) is 4.72. The maximum Gasteiger partial charge on any atom is 0.339 e. The molecule has 0 radical (unpaired) electrons. The zero-order valence-corrected chi connectivity index (χ0v) is 18.8. The molecule has 0 amide bonds. The lowest BCUT2D eigenvalue weighted by atomic mass is 10.0. The first-order valence-corrected chi connectivity index (χ1v) is 10.6. The molecule has 1 aromatic heterocycles. The van der Waals surface area contributed by atoms with Gasteiger partial charge in [0.1, 0.15) is 0 Å². The molecule has 1 heterocycles. The second-order valence-electron chi connectivity index (χ2n) is 7.45. The summed E-state index contributed by atoms with van der Waals surface area (Å²) < 4.78 is 6.37. The maximum atomic E-state index is 13.0. The Hall–Kier alpha value is -3.31. The molecule has 4 aromatic rings. The number of Topliss-reactive ketones (excluding diaryl/α,β-unsaturated/α-hetero) is 1. The van der Waals surface area contributed by atoms with Gasteiger partial charge < -0.3 is 4.74 Å². The Kier molecular flexibility index (Phi) is 5.96. The van der Waals surface area contributed by atoms with E-state index in [0.717, 1.165) is 21.2 Å². The van der Waals surface area contributed by atoms with Gasteiger partial charge in [-0.3, -0.25) is 4.79 Å². The Morgan fingerprint density at radius 1 is 0.871 bits per heavy atom. The second-order valence-corrected chi connectivity index (χ2v) is 8.36. The minimum absolute atomic E-state index is 0.240. The molecular weight excluding hydrogens is 454 g/mol. The summed E-state index contributed by atoms with van der Waals surface area (Å²) in [6.45, 7) is 3.59. The molecule has 5 heteroatoms. The number of nitrogens with zero attached hydrogens (tertiary/aromatic N) is 1. The van der Waals surface area contributed by atoms with Crippen molar-refractivity contribution < 1.29 is 14.3 Å². The number of carbonyl (C=O) groups excluding carboxylic acids is 2. The molecule has 154 valence electrons. The number of carbonyl (C=O) groups is 2. The van der Waals surface area contributed by atoms with Crippen molar-refractivity contribution in [3.63, 3.8) is 0 Å². The van der Waals surface area contributed by atoms with Crippen LogP contribution in [0.1, 0.15) is 31.8 Å². The molecule has 0 spiro atoms. The highest BCUT2D eigenvalue weighted by molar-refractivity contribution is 9.10. The number of aryl methyl sites for hydroxylation is 2. The number of hydrogen-bond donors (Lipinski definition) is 0. The number of esters is 1. The van der Waals surface area contributed by atoms with Crippen LogP contribution in [0.25, 0.3) is 22.2 Å². The highest BCUT2D eigenvalue weighted by Gasteiger charge is 2.17. The van der Waals surface area contributed by atoms with E-state index in [0.29, 0.717) is 27.7 Å². The minimum atomic E-state index is -0.545. The lowest BCUT2D eigenvalue weighted by molar-refractivity contribution is 0.0476. The first-order valence-electron chi connectivity index (χ1n) is 9.85. The maximum absolute atomic E-state index is 13.0. The van der Waals surface area contributed by atoms with Crippen LogP contribution >= 0.6 is 15.9 Å². The molecule has 0 aliphatic carbocycles. The summed E-state index contributed by atoms with van der Waals surface area (Å²) in [4.78, 5) is 30.1. The molecule has 0 N–H and O–H groups in total. The van der Waals surface area contributed by atoms with Gasteiger partial charge in [0.05, 0.1) is 16.8 Å². The summed E-state index contributed by atoms with van der Waals surface area (Å²) in [5, 5.41) is 0.702. The van der Waals surface area contributed by atoms with E-state index in [9.17, 15) is 9.59 Å². The number of ether oxygens (including phenoxy) is 1. The van der Waals surface area contributed by atoms with Crippen molar-refractivity contribution in [1.82, 2.24) is 4.98 Å². The fraction of sp³-hybridized carbons (Fsp3) is 0.115. The van der Waals surface area contributed by atoms with Gasteiger partial charge in [-0.15, -0.1) is 0 Å². The molecule has 0 unspecified atom stereocenters. The van der Waals surface area contributed by atoms with Crippen LogP contribution in [0.4, 0.5) is 0 Å². The number of hydrogen-bond acceptors (Lipinski definition) is 4. The highest BCUT2D eigenvalue weighted by Crippen LogP contribution is 2.27. The Labute approximate surface area is 189 Å². The standard InChI is InChI=1S/C26H20BrNO3/c1-16-3-6-19(7-4-16)25(29)15-31-26(30)22-14-24(18-8-10-20(27)11-9-18)28-23-12-5-17(2)13-21(22)23/h3-14H,15H2,1-2H3. The summed E-state index contributed by atoms with van der Waals surface area (Å²) >= 11 is 3.43. The van der Waals surface area contributed by atoms with Gasteiger partial charge in [-0.05, 0) is 44.2 Å². The number of ketones is 1. The van der Waals surface area contributed by atoms with E-state index in [4.69, 9.17) is 9.72 Å². The van der Waals surface area contributed by atoms with E-state index in [-0.39, 0.29) is 12.4 Å². The Morgan fingerprint density at radius 2 is 1.55 bits per heavy atom. The number of benzene rings is 3. The van der Waals surface area contributed by atoms with Crippen molar-refractivity contribution in [2.75, 3.05) is 6.61 Å². The number of fused-ring (bicyclic) bond motifs is 1. The quantitative estimate of drug-likeness (QED) is 0.251. The Balaban J connectivity index is 1.66. The van der Waals surface area contributed by atoms with Gasteiger partial charge in [-0.25, -0.2) is 9.78 Å². The predicted octanol–water partition coefficient (Wildman–Crippen LogP) is 6.32. The van der Waals surface area contributed by atoms with Gasteiger partial charge in [-0.1, -0.05) is 69.5 Å². The van der Waals surface area contributed by atoms with Crippen LogP contribution in [0.3, 0.4) is 0 Å². The van der Waals surface area contributed by atoms with Gasteiger partial charge >= 0.3 is 5.97 Å². The van der Waals surface area contributed by atoms with Gasteiger partial charge in [-0.2, -0.15) is 0 Å². The monoisotopic (exact) mass is 473 g/mol. The SMILES string of the molecule is Cc1ccc(C(=O)COC(=O)c2cc(-c3ccc(Br)cc3)nc3ccc(C)cc23)cc1. The van der Waals surface area contributed by atoms with Crippen molar-refractivity contribution in [1.29, 1.82) is 0 Å². The van der Waals surface area contributed by atoms with Crippen molar-refractivity contribution in [2.45, 2.75) is 13.8 Å². The molecule has 0 saturated heterocycles. The van der Waals surface area contributed by atoms with E-state index in [1.807, 2.05) is 68.4 Å². The molecular formula is C26H20BrNO3. The van der Waals surface area contributed by atoms with Crippen molar-refractivity contribution in [3.8, 4) is 11.3 Å². The molecule has 4 rings (SSSR count). The second kappa shape index (κ2) is 8.82. The average molecular weight is 474 g/mol.